The minimum atomic E-state index is -0.376. The number of benzene rings is 2. The highest BCUT2D eigenvalue weighted by molar-refractivity contribution is 6.31. The highest BCUT2D eigenvalue weighted by Crippen LogP contribution is 2.44. The molecule has 2 aliphatic rings. The summed E-state index contributed by atoms with van der Waals surface area (Å²) in [6.45, 7) is 2.95. The molecular formula is C22H19ClFN3. The summed E-state index contributed by atoms with van der Waals surface area (Å²) in [5.41, 5.74) is 5.33. The van der Waals surface area contributed by atoms with Gasteiger partial charge in [0.05, 0.1) is 10.5 Å². The predicted molar refractivity (Wildman–Crippen MR) is 107 cm³/mol. The second kappa shape index (κ2) is 6.24. The van der Waals surface area contributed by atoms with E-state index in [9.17, 15) is 4.39 Å². The Morgan fingerprint density at radius 1 is 1.19 bits per heavy atom. The first-order chi connectivity index (χ1) is 13.1. The van der Waals surface area contributed by atoms with E-state index < -0.39 is 0 Å². The molecular weight excluding hydrogens is 361 g/mol. The van der Waals surface area contributed by atoms with Gasteiger partial charge in [-0.15, -0.1) is 0 Å². The molecule has 27 heavy (non-hydrogen) atoms. The van der Waals surface area contributed by atoms with E-state index in [0.717, 1.165) is 41.5 Å². The molecule has 1 aromatic heterocycles. The van der Waals surface area contributed by atoms with Crippen molar-refractivity contribution in [3.05, 3.63) is 82.5 Å². The second-order valence-electron chi connectivity index (χ2n) is 7.21. The quantitative estimate of drug-likeness (QED) is 0.561. The van der Waals surface area contributed by atoms with E-state index in [4.69, 9.17) is 11.6 Å². The van der Waals surface area contributed by atoms with Crippen LogP contribution in [0.3, 0.4) is 0 Å². The van der Waals surface area contributed by atoms with Gasteiger partial charge >= 0.3 is 0 Å². The summed E-state index contributed by atoms with van der Waals surface area (Å²) in [4.78, 5) is 9.10. The molecule has 0 saturated carbocycles. The molecule has 5 heteroatoms. The Hall–Kier alpha value is -2.59. The lowest BCUT2D eigenvalue weighted by Gasteiger charge is -2.33. The van der Waals surface area contributed by atoms with Gasteiger partial charge in [0.15, 0.2) is 0 Å². The predicted octanol–water partition coefficient (Wildman–Crippen LogP) is 5.79. The van der Waals surface area contributed by atoms with E-state index in [1.54, 1.807) is 6.07 Å². The molecule has 0 bridgehead atoms. The third kappa shape index (κ3) is 2.67. The van der Waals surface area contributed by atoms with Crippen LogP contribution in [0.2, 0.25) is 5.02 Å². The summed E-state index contributed by atoms with van der Waals surface area (Å²) < 4.78 is 13.9. The first-order valence-electron chi connectivity index (χ1n) is 9.18. The molecule has 3 aromatic rings. The molecule has 3 heterocycles. The number of hydrogen-bond donors (Lipinski definition) is 0. The number of nitrogens with zero attached hydrogens (tertiary/aromatic N) is 3. The van der Waals surface area contributed by atoms with Gasteiger partial charge in [0.2, 0.25) is 0 Å². The molecule has 0 aliphatic carbocycles. The van der Waals surface area contributed by atoms with E-state index in [0.29, 0.717) is 0 Å². The minimum Gasteiger partial charge on any atom is -0.349 e. The Bertz CT molecular complexity index is 1080. The van der Waals surface area contributed by atoms with Crippen molar-refractivity contribution in [3.8, 4) is 0 Å². The van der Waals surface area contributed by atoms with Crippen molar-refractivity contribution in [2.75, 3.05) is 11.4 Å². The van der Waals surface area contributed by atoms with E-state index in [2.05, 4.69) is 45.2 Å². The Morgan fingerprint density at radius 2 is 2.07 bits per heavy atom. The highest BCUT2D eigenvalue weighted by atomic mass is 35.5. The van der Waals surface area contributed by atoms with E-state index >= 15 is 0 Å². The molecule has 0 amide bonds. The highest BCUT2D eigenvalue weighted by Gasteiger charge is 2.37. The molecule has 5 rings (SSSR count). The molecule has 2 aromatic carbocycles. The SMILES string of the molecule is Cc1cc(F)c(Cl)cc1N1C=C2CCCN2C1c1ccc2ncccc2c1. The summed E-state index contributed by atoms with van der Waals surface area (Å²) in [6.07, 6.45) is 6.28. The molecule has 1 unspecified atom stereocenters. The standard InChI is InChI=1S/C22H19ClFN3/c1-14-10-19(24)18(23)12-21(14)27-13-17-5-3-9-26(17)22(27)16-6-7-20-15(11-16)4-2-8-25-20/h2,4,6-8,10-13,22H,3,5,9H2,1H3. The van der Waals surface area contributed by atoms with Crippen LogP contribution in [-0.2, 0) is 0 Å². The number of pyridine rings is 1. The van der Waals surface area contributed by atoms with E-state index in [-0.39, 0.29) is 17.0 Å². The molecule has 1 fully saturated rings. The van der Waals surface area contributed by atoms with Crippen molar-refractivity contribution < 1.29 is 4.39 Å². The van der Waals surface area contributed by atoms with Crippen LogP contribution in [0, 0.1) is 12.7 Å². The van der Waals surface area contributed by atoms with Crippen LogP contribution >= 0.6 is 11.6 Å². The molecule has 0 radical (unpaired) electrons. The van der Waals surface area contributed by atoms with Crippen LogP contribution in [0.1, 0.15) is 30.1 Å². The van der Waals surface area contributed by atoms with Crippen LogP contribution in [-0.4, -0.2) is 16.4 Å². The third-order valence-electron chi connectivity index (χ3n) is 5.49. The van der Waals surface area contributed by atoms with Crippen molar-refractivity contribution >= 4 is 28.2 Å². The fourth-order valence-electron chi connectivity index (χ4n) is 4.23. The molecule has 1 atom stereocenters. The lowest BCUT2D eigenvalue weighted by atomic mass is 10.1. The van der Waals surface area contributed by atoms with E-state index in [1.165, 1.54) is 17.3 Å². The van der Waals surface area contributed by atoms with Crippen molar-refractivity contribution in [2.24, 2.45) is 0 Å². The van der Waals surface area contributed by atoms with Crippen LogP contribution < -0.4 is 4.90 Å². The largest absolute Gasteiger partial charge is 0.349 e. The summed E-state index contributed by atoms with van der Waals surface area (Å²) in [7, 11) is 0. The third-order valence-corrected chi connectivity index (χ3v) is 5.78. The maximum atomic E-state index is 13.9. The number of aromatic nitrogens is 1. The Balaban J connectivity index is 1.65. The van der Waals surface area contributed by atoms with E-state index in [1.807, 2.05) is 19.2 Å². The number of aryl methyl sites for hydroxylation is 1. The molecule has 1 saturated heterocycles. The first-order valence-corrected chi connectivity index (χ1v) is 9.55. The van der Waals surface area contributed by atoms with Crippen molar-refractivity contribution in [1.82, 2.24) is 9.88 Å². The fraction of sp³-hybridized carbons (Fsp3) is 0.227. The van der Waals surface area contributed by atoms with Crippen LogP contribution in [0.15, 0.2) is 60.6 Å². The van der Waals surface area contributed by atoms with Gasteiger partial charge in [-0.3, -0.25) is 4.98 Å². The number of halogens is 2. The van der Waals surface area contributed by atoms with Crippen molar-refractivity contribution in [2.45, 2.75) is 25.9 Å². The topological polar surface area (TPSA) is 19.4 Å². The van der Waals surface area contributed by atoms with Gasteiger partial charge in [-0.2, -0.15) is 0 Å². The maximum Gasteiger partial charge on any atom is 0.142 e. The van der Waals surface area contributed by atoms with Gasteiger partial charge in [-0.05, 0) is 61.2 Å². The average molecular weight is 380 g/mol. The molecule has 0 N–H and O–H groups in total. The lowest BCUT2D eigenvalue weighted by molar-refractivity contribution is 0.319. The molecule has 136 valence electrons. The zero-order valence-corrected chi connectivity index (χ0v) is 15.7. The Morgan fingerprint density at radius 3 is 2.96 bits per heavy atom. The van der Waals surface area contributed by atoms with Crippen LogP contribution in [0.5, 0.6) is 0 Å². The number of rotatable bonds is 2. The number of anilines is 1. The zero-order chi connectivity index (χ0) is 18.5. The number of hydrogen-bond acceptors (Lipinski definition) is 3. The van der Waals surface area contributed by atoms with Crippen molar-refractivity contribution in [3.63, 3.8) is 0 Å². The van der Waals surface area contributed by atoms with Gasteiger partial charge in [0.25, 0.3) is 0 Å². The number of fused-ring (bicyclic) bond motifs is 2. The Kier molecular flexibility index (Phi) is 3.83. The minimum absolute atomic E-state index is 0.0485. The van der Waals surface area contributed by atoms with Gasteiger partial charge in [-0.25, -0.2) is 4.39 Å². The Labute approximate surface area is 162 Å². The first kappa shape index (κ1) is 16.6. The van der Waals surface area contributed by atoms with Crippen LogP contribution in [0.4, 0.5) is 10.1 Å². The monoisotopic (exact) mass is 379 g/mol. The van der Waals surface area contributed by atoms with Gasteiger partial charge < -0.3 is 9.80 Å². The maximum absolute atomic E-state index is 13.9. The average Bonchev–Trinajstić information content (AvgIpc) is 3.25. The van der Waals surface area contributed by atoms with Crippen molar-refractivity contribution in [1.29, 1.82) is 0 Å². The molecule has 2 aliphatic heterocycles. The van der Waals surface area contributed by atoms with Gasteiger partial charge in [0.1, 0.15) is 12.0 Å². The normalized spacial score (nSPS) is 18.9. The number of allylic oxidation sites excluding steroid dienone is 1. The fourth-order valence-corrected chi connectivity index (χ4v) is 4.39. The summed E-state index contributed by atoms with van der Waals surface area (Å²) in [6, 6.07) is 13.7. The molecule has 3 nitrogen and oxygen atoms in total. The summed E-state index contributed by atoms with van der Waals surface area (Å²) in [5, 5.41) is 1.28. The van der Waals surface area contributed by atoms with Crippen LogP contribution in [0.25, 0.3) is 10.9 Å². The summed E-state index contributed by atoms with van der Waals surface area (Å²) >= 11 is 6.11. The molecule has 0 spiro atoms. The second-order valence-corrected chi connectivity index (χ2v) is 7.61. The van der Waals surface area contributed by atoms with Gasteiger partial charge in [0, 0.05) is 35.7 Å². The summed E-state index contributed by atoms with van der Waals surface area (Å²) in [5.74, 6) is -0.376. The van der Waals surface area contributed by atoms with Gasteiger partial charge in [-0.1, -0.05) is 23.7 Å². The zero-order valence-electron chi connectivity index (χ0n) is 15.0. The lowest BCUT2D eigenvalue weighted by Crippen LogP contribution is -2.31. The smallest absolute Gasteiger partial charge is 0.142 e.